The second-order valence-corrected chi connectivity index (χ2v) is 9.52. The molecule has 196 valence electrons. The van der Waals surface area contributed by atoms with Gasteiger partial charge in [-0.25, -0.2) is 9.89 Å². The van der Waals surface area contributed by atoms with E-state index in [-0.39, 0.29) is 5.69 Å². The number of nitrogens with zero attached hydrogens (tertiary/aromatic N) is 7. The predicted octanol–water partition coefficient (Wildman–Crippen LogP) is 5.05. The molecule has 5 aromatic rings. The summed E-state index contributed by atoms with van der Waals surface area (Å²) in [6.07, 6.45) is 12.7. The zero-order valence-corrected chi connectivity index (χ0v) is 22.3. The summed E-state index contributed by atoms with van der Waals surface area (Å²) >= 11 is 0. The quantitative estimate of drug-likeness (QED) is 0.268. The molecule has 0 radical (unpaired) electrons. The van der Waals surface area contributed by atoms with Gasteiger partial charge in [0.05, 0.1) is 6.54 Å². The van der Waals surface area contributed by atoms with Crippen molar-refractivity contribution < 1.29 is 0 Å². The SMILES string of the molecule is CCCCc1cn(-c2c(CCC)ccn2CC)c(=O)n1Cc1cnccc1-c1ccc(-c2nnn[nH]2)cc1. The molecule has 0 atom stereocenters. The zero-order chi connectivity index (χ0) is 26.5. The maximum atomic E-state index is 14.0. The van der Waals surface area contributed by atoms with Gasteiger partial charge in [-0.15, -0.1) is 5.10 Å². The third-order valence-electron chi connectivity index (χ3n) is 7.00. The van der Waals surface area contributed by atoms with Crippen molar-refractivity contribution in [3.05, 3.63) is 88.5 Å². The van der Waals surface area contributed by atoms with Crippen LogP contribution in [0.1, 0.15) is 56.9 Å². The third-order valence-corrected chi connectivity index (χ3v) is 7.00. The first-order valence-electron chi connectivity index (χ1n) is 13.4. The number of aromatic amines is 1. The van der Waals surface area contributed by atoms with E-state index in [4.69, 9.17) is 0 Å². The normalized spacial score (nSPS) is 11.3. The monoisotopic (exact) mass is 510 g/mol. The summed E-state index contributed by atoms with van der Waals surface area (Å²) in [6.45, 7) is 7.74. The number of benzene rings is 1. The zero-order valence-electron chi connectivity index (χ0n) is 22.3. The molecule has 0 unspecified atom stereocenters. The van der Waals surface area contributed by atoms with E-state index in [1.54, 1.807) is 6.20 Å². The van der Waals surface area contributed by atoms with Gasteiger partial charge in [0.25, 0.3) is 0 Å². The Balaban J connectivity index is 1.55. The van der Waals surface area contributed by atoms with Gasteiger partial charge in [0, 0.05) is 42.6 Å². The van der Waals surface area contributed by atoms with Crippen molar-refractivity contribution in [1.82, 2.24) is 39.3 Å². The van der Waals surface area contributed by atoms with E-state index in [1.807, 2.05) is 45.7 Å². The highest BCUT2D eigenvalue weighted by molar-refractivity contribution is 5.70. The van der Waals surface area contributed by atoms with Crippen LogP contribution in [0.2, 0.25) is 0 Å². The van der Waals surface area contributed by atoms with Crippen LogP contribution in [0, 0.1) is 0 Å². The van der Waals surface area contributed by atoms with Crippen LogP contribution in [0.25, 0.3) is 28.3 Å². The Kier molecular flexibility index (Phi) is 7.62. The number of hydrogen-bond donors (Lipinski definition) is 1. The van der Waals surface area contributed by atoms with Crippen molar-refractivity contribution in [2.24, 2.45) is 0 Å². The topological polar surface area (TPSA) is 99.2 Å². The molecule has 9 nitrogen and oxygen atoms in total. The number of pyridine rings is 1. The van der Waals surface area contributed by atoms with Crippen LogP contribution in [0.3, 0.4) is 0 Å². The second kappa shape index (κ2) is 11.4. The van der Waals surface area contributed by atoms with Crippen molar-refractivity contribution in [1.29, 1.82) is 0 Å². The smallest absolute Gasteiger partial charge is 0.334 e. The first-order chi connectivity index (χ1) is 18.6. The lowest BCUT2D eigenvalue weighted by Gasteiger charge is -2.12. The van der Waals surface area contributed by atoms with Gasteiger partial charge < -0.3 is 4.57 Å². The Labute approximate surface area is 222 Å². The Morgan fingerprint density at radius 2 is 1.74 bits per heavy atom. The fraction of sp³-hybridized carbons (Fsp3) is 0.345. The lowest BCUT2D eigenvalue weighted by Crippen LogP contribution is -2.26. The molecule has 0 saturated carbocycles. The van der Waals surface area contributed by atoms with Crippen molar-refractivity contribution in [2.45, 2.75) is 66.0 Å². The molecule has 9 heteroatoms. The van der Waals surface area contributed by atoms with E-state index in [0.29, 0.717) is 12.4 Å². The lowest BCUT2D eigenvalue weighted by molar-refractivity contribution is 0.663. The van der Waals surface area contributed by atoms with Crippen LogP contribution >= 0.6 is 0 Å². The van der Waals surface area contributed by atoms with Gasteiger partial charge in [0.2, 0.25) is 0 Å². The third kappa shape index (κ3) is 4.96. The maximum absolute atomic E-state index is 14.0. The predicted molar refractivity (Wildman–Crippen MR) is 148 cm³/mol. The molecule has 0 aliphatic carbocycles. The van der Waals surface area contributed by atoms with E-state index in [0.717, 1.165) is 72.4 Å². The second-order valence-electron chi connectivity index (χ2n) is 9.52. The minimum Gasteiger partial charge on any atom is -0.334 e. The highest BCUT2D eigenvalue weighted by Crippen LogP contribution is 2.27. The molecule has 4 aromatic heterocycles. The van der Waals surface area contributed by atoms with Crippen LogP contribution < -0.4 is 5.69 Å². The molecule has 0 spiro atoms. The molecule has 0 aliphatic rings. The Bertz CT molecular complexity index is 1540. The molecule has 38 heavy (non-hydrogen) atoms. The van der Waals surface area contributed by atoms with E-state index in [1.165, 1.54) is 5.56 Å². The first kappa shape index (κ1) is 25.4. The van der Waals surface area contributed by atoms with Crippen LogP contribution in [0.4, 0.5) is 0 Å². The number of tetrazole rings is 1. The number of nitrogens with one attached hydrogen (secondary N) is 1. The molecule has 0 amide bonds. The molecule has 5 rings (SSSR count). The molecule has 1 N–H and O–H groups in total. The largest absolute Gasteiger partial charge is 0.334 e. The number of unbranched alkanes of at least 4 members (excludes halogenated alkanes) is 1. The van der Waals surface area contributed by atoms with Gasteiger partial charge in [-0.1, -0.05) is 51.0 Å². The maximum Gasteiger partial charge on any atom is 0.334 e. The molecule has 0 aliphatic heterocycles. The number of aromatic nitrogens is 8. The summed E-state index contributed by atoms with van der Waals surface area (Å²) in [5.74, 6) is 1.61. The Morgan fingerprint density at radius 1 is 0.921 bits per heavy atom. The van der Waals surface area contributed by atoms with Gasteiger partial charge >= 0.3 is 5.69 Å². The summed E-state index contributed by atoms with van der Waals surface area (Å²) in [6, 6.07) is 12.2. The van der Waals surface area contributed by atoms with Crippen LogP contribution in [0.5, 0.6) is 0 Å². The van der Waals surface area contributed by atoms with Crippen molar-refractivity contribution in [3.63, 3.8) is 0 Å². The molecule has 0 fully saturated rings. The summed E-state index contributed by atoms with van der Waals surface area (Å²) in [5.41, 5.74) is 6.25. The minimum atomic E-state index is -0.00942. The summed E-state index contributed by atoms with van der Waals surface area (Å²) in [5, 5.41) is 14.1. The van der Waals surface area contributed by atoms with Gasteiger partial charge in [0.15, 0.2) is 5.82 Å². The average molecular weight is 511 g/mol. The van der Waals surface area contributed by atoms with Gasteiger partial charge in [-0.3, -0.25) is 14.1 Å². The lowest BCUT2D eigenvalue weighted by atomic mass is 10.00. The van der Waals surface area contributed by atoms with Crippen molar-refractivity contribution >= 4 is 0 Å². The molecule has 4 heterocycles. The molecule has 1 aromatic carbocycles. The standard InChI is InChI=1S/C29H34N8O/c1-4-7-9-25-20-37(28-23(8-5-2)15-17-35(28)6-3)29(38)36(25)19-24-18-30-16-14-26(24)21-10-12-22(13-11-21)27-31-33-34-32-27/h10-18,20H,4-9,19H2,1-3H3,(H,31,32,33,34). The van der Waals surface area contributed by atoms with Gasteiger partial charge in [0.1, 0.15) is 5.82 Å². The van der Waals surface area contributed by atoms with E-state index in [2.05, 4.69) is 69.4 Å². The average Bonchev–Trinajstić information content (AvgIpc) is 3.69. The van der Waals surface area contributed by atoms with Gasteiger partial charge in [-0.2, -0.15) is 0 Å². The first-order valence-corrected chi connectivity index (χ1v) is 13.4. The Hall–Kier alpha value is -4.27. The summed E-state index contributed by atoms with van der Waals surface area (Å²) < 4.78 is 5.95. The highest BCUT2D eigenvalue weighted by atomic mass is 16.1. The number of hydrogen-bond acceptors (Lipinski definition) is 5. The number of H-pyrrole nitrogens is 1. The van der Waals surface area contributed by atoms with Crippen molar-refractivity contribution in [3.8, 4) is 28.3 Å². The van der Waals surface area contributed by atoms with E-state index >= 15 is 0 Å². The molecular formula is C29H34N8O. The molecular weight excluding hydrogens is 476 g/mol. The number of rotatable bonds is 11. The molecule has 0 saturated heterocycles. The minimum absolute atomic E-state index is 0.00942. The summed E-state index contributed by atoms with van der Waals surface area (Å²) in [4.78, 5) is 18.4. The van der Waals surface area contributed by atoms with Crippen LogP contribution in [-0.4, -0.2) is 39.3 Å². The van der Waals surface area contributed by atoms with Crippen LogP contribution in [0.15, 0.2) is 66.0 Å². The van der Waals surface area contributed by atoms with E-state index in [9.17, 15) is 4.79 Å². The molecule has 0 bridgehead atoms. The highest BCUT2D eigenvalue weighted by Gasteiger charge is 2.19. The fourth-order valence-electron chi connectivity index (χ4n) is 5.02. The van der Waals surface area contributed by atoms with E-state index < -0.39 is 0 Å². The Morgan fingerprint density at radius 3 is 2.45 bits per heavy atom. The fourth-order valence-corrected chi connectivity index (χ4v) is 5.02. The van der Waals surface area contributed by atoms with Crippen molar-refractivity contribution in [2.75, 3.05) is 0 Å². The number of aryl methyl sites for hydroxylation is 3. The van der Waals surface area contributed by atoms with Gasteiger partial charge in [-0.05, 0) is 71.0 Å². The number of imidazole rings is 1. The summed E-state index contributed by atoms with van der Waals surface area (Å²) in [7, 11) is 0. The van der Waals surface area contributed by atoms with Crippen LogP contribution in [-0.2, 0) is 25.9 Å².